The number of rotatable bonds is 6. The van der Waals surface area contributed by atoms with E-state index in [1.165, 1.54) is 0 Å². The summed E-state index contributed by atoms with van der Waals surface area (Å²) in [6.07, 6.45) is 0. The fraction of sp³-hybridized carbons (Fsp3) is 0.909. The molecule has 0 spiro atoms. The summed E-state index contributed by atoms with van der Waals surface area (Å²) in [5.41, 5.74) is 0. The van der Waals surface area contributed by atoms with E-state index in [2.05, 4.69) is 15.5 Å². The molecule has 1 atom stereocenters. The van der Waals surface area contributed by atoms with Crippen molar-refractivity contribution in [2.75, 3.05) is 53.1 Å². The Hall–Kier alpha value is -0.430. The molecule has 1 aliphatic rings. The first-order valence-corrected chi connectivity index (χ1v) is 6.46. The molecule has 0 aliphatic carbocycles. The van der Waals surface area contributed by atoms with E-state index in [1.54, 1.807) is 7.11 Å². The number of nitrogens with zero attached hydrogens (tertiary/aromatic N) is 1. The molecule has 5 nitrogen and oxygen atoms in total. The molecule has 0 amide bonds. The minimum Gasteiger partial charge on any atom is -0.383 e. The van der Waals surface area contributed by atoms with E-state index >= 15 is 0 Å². The summed E-state index contributed by atoms with van der Waals surface area (Å²) in [5.74, 6) is 0. The first-order chi connectivity index (χ1) is 8.22. The van der Waals surface area contributed by atoms with Gasteiger partial charge in [-0.15, -0.1) is 0 Å². The zero-order chi connectivity index (χ0) is 12.5. The number of methoxy groups -OCH3 is 1. The third-order valence-corrected chi connectivity index (χ3v) is 2.87. The molecule has 0 aromatic heterocycles. The monoisotopic (exact) mass is 261 g/mol. The summed E-state index contributed by atoms with van der Waals surface area (Å²) >= 11 is 5.19. The minimum absolute atomic E-state index is 0.239. The van der Waals surface area contributed by atoms with E-state index in [0.29, 0.717) is 11.7 Å². The number of morpholine rings is 1. The Bertz CT molecular complexity index is 223. The third kappa shape index (κ3) is 6.78. The van der Waals surface area contributed by atoms with Crippen LogP contribution in [0.15, 0.2) is 0 Å². The molecule has 1 heterocycles. The van der Waals surface area contributed by atoms with Crippen LogP contribution >= 0.6 is 12.2 Å². The molecule has 6 heteroatoms. The SMILES string of the molecule is COCC(C)NC(=S)NCCN1CCOCC1. The molecule has 0 radical (unpaired) electrons. The van der Waals surface area contributed by atoms with Gasteiger partial charge < -0.3 is 20.1 Å². The van der Waals surface area contributed by atoms with Crippen LogP contribution in [-0.4, -0.2) is 69.2 Å². The lowest BCUT2D eigenvalue weighted by Gasteiger charge is -2.26. The van der Waals surface area contributed by atoms with Gasteiger partial charge in [-0.1, -0.05) is 0 Å². The Kier molecular flexibility index (Phi) is 7.43. The van der Waals surface area contributed by atoms with Crippen molar-refractivity contribution in [2.24, 2.45) is 0 Å². The van der Waals surface area contributed by atoms with Crippen LogP contribution in [0, 0.1) is 0 Å². The van der Waals surface area contributed by atoms with E-state index in [4.69, 9.17) is 21.7 Å². The van der Waals surface area contributed by atoms with Gasteiger partial charge in [-0.05, 0) is 19.1 Å². The fourth-order valence-corrected chi connectivity index (χ4v) is 2.02. The average molecular weight is 261 g/mol. The van der Waals surface area contributed by atoms with Gasteiger partial charge in [0.25, 0.3) is 0 Å². The molecular formula is C11H23N3O2S. The number of ether oxygens (including phenoxy) is 2. The molecule has 17 heavy (non-hydrogen) atoms. The van der Waals surface area contributed by atoms with Gasteiger partial charge in [-0.2, -0.15) is 0 Å². The summed E-state index contributed by atoms with van der Waals surface area (Å²) in [6.45, 7) is 8.28. The fourth-order valence-electron chi connectivity index (χ4n) is 1.72. The molecule has 1 rings (SSSR count). The van der Waals surface area contributed by atoms with Crippen molar-refractivity contribution in [2.45, 2.75) is 13.0 Å². The lowest BCUT2D eigenvalue weighted by Crippen LogP contribution is -2.46. The van der Waals surface area contributed by atoms with Gasteiger partial charge in [0, 0.05) is 39.3 Å². The van der Waals surface area contributed by atoms with Crippen molar-refractivity contribution in [3.05, 3.63) is 0 Å². The molecule has 1 unspecified atom stereocenters. The zero-order valence-corrected chi connectivity index (χ0v) is 11.5. The van der Waals surface area contributed by atoms with E-state index in [1.807, 2.05) is 6.92 Å². The van der Waals surface area contributed by atoms with Gasteiger partial charge in [0.1, 0.15) is 0 Å². The number of hydrogen-bond acceptors (Lipinski definition) is 4. The van der Waals surface area contributed by atoms with E-state index in [9.17, 15) is 0 Å². The lowest BCUT2D eigenvalue weighted by atomic mass is 10.4. The summed E-state index contributed by atoms with van der Waals surface area (Å²) in [7, 11) is 1.69. The van der Waals surface area contributed by atoms with Crippen molar-refractivity contribution in [1.29, 1.82) is 0 Å². The lowest BCUT2D eigenvalue weighted by molar-refractivity contribution is 0.0389. The summed E-state index contributed by atoms with van der Waals surface area (Å²) in [6, 6.07) is 0.239. The Morgan fingerprint density at radius 1 is 1.47 bits per heavy atom. The van der Waals surface area contributed by atoms with Crippen LogP contribution < -0.4 is 10.6 Å². The molecule has 1 saturated heterocycles. The zero-order valence-electron chi connectivity index (χ0n) is 10.7. The van der Waals surface area contributed by atoms with Crippen LogP contribution in [0.5, 0.6) is 0 Å². The van der Waals surface area contributed by atoms with Crippen LogP contribution in [0.4, 0.5) is 0 Å². The van der Waals surface area contributed by atoms with Gasteiger partial charge >= 0.3 is 0 Å². The first-order valence-electron chi connectivity index (χ1n) is 6.05. The Morgan fingerprint density at radius 3 is 2.82 bits per heavy atom. The molecule has 1 aliphatic heterocycles. The van der Waals surface area contributed by atoms with Crippen molar-refractivity contribution in [1.82, 2.24) is 15.5 Å². The minimum atomic E-state index is 0.239. The van der Waals surface area contributed by atoms with Gasteiger partial charge in [-0.3, -0.25) is 4.90 Å². The van der Waals surface area contributed by atoms with E-state index < -0.39 is 0 Å². The normalized spacial score (nSPS) is 18.7. The molecule has 2 N–H and O–H groups in total. The Labute approximate surface area is 109 Å². The number of nitrogens with one attached hydrogen (secondary N) is 2. The molecule has 0 aromatic rings. The van der Waals surface area contributed by atoms with E-state index in [0.717, 1.165) is 39.4 Å². The highest BCUT2D eigenvalue weighted by atomic mass is 32.1. The van der Waals surface area contributed by atoms with E-state index in [-0.39, 0.29) is 6.04 Å². The van der Waals surface area contributed by atoms with Crippen molar-refractivity contribution in [3.8, 4) is 0 Å². The van der Waals surface area contributed by atoms with Gasteiger partial charge in [-0.25, -0.2) is 0 Å². The second-order valence-electron chi connectivity index (χ2n) is 4.21. The predicted molar refractivity (Wildman–Crippen MR) is 72.3 cm³/mol. The van der Waals surface area contributed by atoms with Gasteiger partial charge in [0.2, 0.25) is 0 Å². The highest BCUT2D eigenvalue weighted by Crippen LogP contribution is 1.94. The maximum atomic E-state index is 5.29. The molecule has 100 valence electrons. The van der Waals surface area contributed by atoms with Crippen molar-refractivity contribution >= 4 is 17.3 Å². The molecule has 0 saturated carbocycles. The van der Waals surface area contributed by atoms with Crippen molar-refractivity contribution in [3.63, 3.8) is 0 Å². The van der Waals surface area contributed by atoms with Crippen LogP contribution in [0.25, 0.3) is 0 Å². The van der Waals surface area contributed by atoms with Crippen LogP contribution in [0.3, 0.4) is 0 Å². The Morgan fingerprint density at radius 2 is 2.18 bits per heavy atom. The first kappa shape index (κ1) is 14.6. The van der Waals surface area contributed by atoms with Crippen LogP contribution in [0.2, 0.25) is 0 Å². The topological polar surface area (TPSA) is 45.8 Å². The maximum absolute atomic E-state index is 5.29. The predicted octanol–water partition coefficient (Wildman–Crippen LogP) is -0.182. The maximum Gasteiger partial charge on any atom is 0.166 e. The standard InChI is InChI=1S/C11H23N3O2S/c1-10(9-15-2)13-11(17)12-3-4-14-5-7-16-8-6-14/h10H,3-9H2,1-2H3,(H2,12,13,17). The summed E-state index contributed by atoms with van der Waals surface area (Å²) in [5, 5.41) is 7.07. The average Bonchev–Trinajstić information content (AvgIpc) is 2.30. The highest BCUT2D eigenvalue weighted by Gasteiger charge is 2.09. The van der Waals surface area contributed by atoms with Gasteiger partial charge in [0.05, 0.1) is 19.8 Å². The molecule has 1 fully saturated rings. The van der Waals surface area contributed by atoms with Crippen molar-refractivity contribution < 1.29 is 9.47 Å². The van der Waals surface area contributed by atoms with Crippen LogP contribution in [-0.2, 0) is 9.47 Å². The second kappa shape index (κ2) is 8.63. The Balaban J connectivity index is 2.03. The third-order valence-electron chi connectivity index (χ3n) is 2.61. The van der Waals surface area contributed by atoms with Gasteiger partial charge in [0.15, 0.2) is 5.11 Å². The summed E-state index contributed by atoms with van der Waals surface area (Å²) < 4.78 is 10.3. The smallest absolute Gasteiger partial charge is 0.166 e. The highest BCUT2D eigenvalue weighted by molar-refractivity contribution is 7.80. The largest absolute Gasteiger partial charge is 0.383 e. The number of thiocarbonyl (C=S) groups is 1. The molecule has 0 aromatic carbocycles. The molecular weight excluding hydrogens is 238 g/mol. The number of hydrogen-bond donors (Lipinski definition) is 2. The quantitative estimate of drug-likeness (QED) is 0.647. The molecule has 0 bridgehead atoms. The van der Waals surface area contributed by atoms with Crippen LogP contribution in [0.1, 0.15) is 6.92 Å². The summed E-state index contributed by atoms with van der Waals surface area (Å²) in [4.78, 5) is 2.37. The second-order valence-corrected chi connectivity index (χ2v) is 4.62.